The first-order valence-electron chi connectivity index (χ1n) is 13.9. The van der Waals surface area contributed by atoms with E-state index in [1.54, 1.807) is 48.5 Å². The molecule has 6 aromatic carbocycles. The van der Waals surface area contributed by atoms with Crippen molar-refractivity contribution in [1.82, 2.24) is 0 Å². The van der Waals surface area contributed by atoms with Crippen molar-refractivity contribution >= 4 is 75.9 Å². The van der Waals surface area contributed by atoms with E-state index < -0.39 is 30.0 Å². The van der Waals surface area contributed by atoms with Gasteiger partial charge in [-0.2, -0.15) is 5.11 Å². The number of hydrogen-bond acceptors (Lipinski definition) is 12. The molecule has 0 radical (unpaired) electrons. The zero-order valence-electron chi connectivity index (χ0n) is 26.4. The van der Waals surface area contributed by atoms with E-state index in [1.807, 2.05) is 19.1 Å². The van der Waals surface area contributed by atoms with Crippen LogP contribution in [-0.4, -0.2) is 31.0 Å². The Morgan fingerprint density at radius 2 is 1.24 bits per heavy atom. The van der Waals surface area contributed by atoms with Gasteiger partial charge in [0.15, 0.2) is 0 Å². The van der Waals surface area contributed by atoms with Crippen LogP contribution in [0.3, 0.4) is 0 Å². The van der Waals surface area contributed by atoms with Gasteiger partial charge in [-0.3, -0.25) is 0 Å². The molecule has 49 heavy (non-hydrogen) atoms. The smallest absolute Gasteiger partial charge is 0.744 e. The van der Waals surface area contributed by atoms with Crippen LogP contribution in [0.25, 0.3) is 21.5 Å². The summed E-state index contributed by atoms with van der Waals surface area (Å²) in [7, 11) is -9.54. The van der Waals surface area contributed by atoms with Crippen LogP contribution in [0.15, 0.2) is 139 Å². The Kier molecular flexibility index (Phi) is 12.2. The van der Waals surface area contributed by atoms with Gasteiger partial charge in [-0.15, -0.1) is 15.3 Å². The normalized spacial score (nSPS) is 11.9. The van der Waals surface area contributed by atoms with E-state index >= 15 is 0 Å². The van der Waals surface area contributed by atoms with Crippen molar-refractivity contribution in [3.05, 3.63) is 115 Å². The molecule has 6 aromatic rings. The Morgan fingerprint density at radius 1 is 0.612 bits per heavy atom. The van der Waals surface area contributed by atoms with Gasteiger partial charge in [0, 0.05) is 21.8 Å². The van der Waals surface area contributed by atoms with Gasteiger partial charge >= 0.3 is 59.1 Å². The second-order valence-electron chi connectivity index (χ2n) is 10.4. The van der Waals surface area contributed by atoms with Crippen molar-refractivity contribution in [3.8, 4) is 5.75 Å². The molecule has 0 aromatic heterocycles. The number of phenolic OH excluding ortho intramolecular Hbond substituents is 1. The molecule has 0 spiro atoms. The summed E-state index contributed by atoms with van der Waals surface area (Å²) in [5.74, 6) is -0.201. The number of nitrogens with one attached hydrogen (secondary N) is 1. The molecule has 6 rings (SSSR count). The SMILES string of the molecule is Cc1ccccc1Nc1ccc(N=Nc2ccc(N=Nc3c(O)ccc4cc(S(=O)(=O)[O-])ccc34)c3ccccc23)cc1S(=O)(=O)[O-].[Na+].[Na+]. The molecule has 0 heterocycles. The van der Waals surface area contributed by atoms with E-state index in [1.165, 1.54) is 36.4 Å². The molecule has 0 atom stereocenters. The van der Waals surface area contributed by atoms with E-state index in [0.717, 1.165) is 17.7 Å². The topological polar surface area (TPSA) is 196 Å². The Hall–Kier alpha value is -3.54. The number of rotatable bonds is 8. The summed E-state index contributed by atoms with van der Waals surface area (Å²) < 4.78 is 70.8. The molecule has 236 valence electrons. The fraction of sp³-hybridized carbons (Fsp3) is 0.0303. The van der Waals surface area contributed by atoms with Crippen LogP contribution in [0, 0.1) is 6.92 Å². The molecule has 0 bridgehead atoms. The zero-order valence-corrected chi connectivity index (χ0v) is 32.0. The fourth-order valence-corrected chi connectivity index (χ4v) is 6.10. The van der Waals surface area contributed by atoms with Crippen molar-refractivity contribution < 1.29 is 90.2 Å². The van der Waals surface area contributed by atoms with Gasteiger partial charge in [0.1, 0.15) is 31.7 Å². The molecule has 0 aliphatic heterocycles. The van der Waals surface area contributed by atoms with Crippen molar-refractivity contribution in [1.29, 1.82) is 0 Å². The molecule has 16 heteroatoms. The Morgan fingerprint density at radius 3 is 1.88 bits per heavy atom. The summed E-state index contributed by atoms with van der Waals surface area (Å²) in [6, 6.07) is 28.3. The molecule has 0 saturated carbocycles. The molecule has 0 unspecified atom stereocenters. The first-order valence-corrected chi connectivity index (χ1v) is 16.7. The van der Waals surface area contributed by atoms with Gasteiger partial charge < -0.3 is 19.5 Å². The summed E-state index contributed by atoms with van der Waals surface area (Å²) >= 11 is 0. The summed E-state index contributed by atoms with van der Waals surface area (Å²) in [4.78, 5) is -0.879. The number of azo groups is 2. The molecule has 2 N–H and O–H groups in total. The zero-order chi connectivity index (χ0) is 33.3. The van der Waals surface area contributed by atoms with Crippen molar-refractivity contribution in [2.75, 3.05) is 5.32 Å². The molecule has 0 fully saturated rings. The molecule has 0 aliphatic carbocycles. The average molecular weight is 712 g/mol. The van der Waals surface area contributed by atoms with E-state index in [4.69, 9.17) is 0 Å². The number of fused-ring (bicyclic) bond motifs is 2. The first kappa shape index (κ1) is 38.3. The van der Waals surface area contributed by atoms with Crippen LogP contribution in [0.1, 0.15) is 5.56 Å². The Balaban J connectivity index is 0.00000270. The van der Waals surface area contributed by atoms with Gasteiger partial charge in [0.05, 0.1) is 32.5 Å². The quantitative estimate of drug-likeness (QED) is 0.136. The minimum Gasteiger partial charge on any atom is -0.744 e. The number of para-hydroxylation sites is 1. The largest absolute Gasteiger partial charge is 1.00 e. The van der Waals surface area contributed by atoms with E-state index in [9.17, 15) is 31.0 Å². The minimum atomic E-state index is -4.86. The monoisotopic (exact) mass is 711 g/mol. The second-order valence-corrected chi connectivity index (χ2v) is 13.1. The fourth-order valence-electron chi connectivity index (χ4n) is 4.94. The number of nitrogens with zero attached hydrogens (tertiary/aromatic N) is 4. The maximum atomic E-state index is 12.1. The molecule has 0 aliphatic rings. The van der Waals surface area contributed by atoms with Crippen LogP contribution >= 0.6 is 0 Å². The summed E-state index contributed by atoms with van der Waals surface area (Å²) in [6.45, 7) is 1.85. The van der Waals surface area contributed by atoms with Crippen LogP contribution in [-0.2, 0) is 20.2 Å². The predicted molar refractivity (Wildman–Crippen MR) is 175 cm³/mol. The van der Waals surface area contributed by atoms with Gasteiger partial charge in [0.2, 0.25) is 0 Å². The maximum absolute atomic E-state index is 12.1. The van der Waals surface area contributed by atoms with Gasteiger partial charge in [-0.25, -0.2) is 16.8 Å². The molecule has 12 nitrogen and oxygen atoms in total. The van der Waals surface area contributed by atoms with Crippen molar-refractivity contribution in [2.24, 2.45) is 20.5 Å². The molecular formula is C33H23N5Na2O7S2. The van der Waals surface area contributed by atoms with Crippen LogP contribution in [0.5, 0.6) is 5.75 Å². The van der Waals surface area contributed by atoms with E-state index in [2.05, 4.69) is 25.8 Å². The summed E-state index contributed by atoms with van der Waals surface area (Å²) in [5, 5.41) is 32.6. The third-order valence-corrected chi connectivity index (χ3v) is 9.00. The third kappa shape index (κ3) is 8.61. The van der Waals surface area contributed by atoms with Gasteiger partial charge in [0.25, 0.3) is 0 Å². The molecule has 0 amide bonds. The summed E-state index contributed by atoms with van der Waals surface area (Å²) in [6.07, 6.45) is 0. The molecular weight excluding hydrogens is 689 g/mol. The first-order chi connectivity index (χ1) is 22.4. The number of hydrogen-bond donors (Lipinski definition) is 2. The predicted octanol–water partition coefficient (Wildman–Crippen LogP) is 2.40. The van der Waals surface area contributed by atoms with Crippen molar-refractivity contribution in [3.63, 3.8) is 0 Å². The number of aryl methyl sites for hydroxylation is 1. The van der Waals surface area contributed by atoms with E-state index in [0.29, 0.717) is 38.6 Å². The standard InChI is InChI=1S/C33H25N5O7S2.2Na/c1-20-6-2-5-9-27(20)34-30-14-11-22(19-32(30)47(43,44)45)35-36-28-15-16-29(26-8-4-3-7-25(26)28)37-38-33-24-13-12-23(46(40,41)42)18-21(24)10-17-31(33)39;;/h2-19,34,39H,1H3,(H,40,41,42)(H,43,44,45);;/q;2*+1/p-2. The number of benzene rings is 6. The average Bonchev–Trinajstić information content (AvgIpc) is 3.04. The number of aromatic hydroxyl groups is 1. The van der Waals surface area contributed by atoms with Crippen LogP contribution in [0.2, 0.25) is 0 Å². The number of phenols is 1. The van der Waals surface area contributed by atoms with Gasteiger partial charge in [-0.1, -0.05) is 54.6 Å². The van der Waals surface area contributed by atoms with Gasteiger partial charge in [-0.05, 0) is 72.5 Å². The van der Waals surface area contributed by atoms with Crippen LogP contribution in [0.4, 0.5) is 34.1 Å². The molecule has 0 saturated heterocycles. The number of anilines is 2. The second kappa shape index (κ2) is 15.6. The van der Waals surface area contributed by atoms with Crippen molar-refractivity contribution in [2.45, 2.75) is 16.7 Å². The minimum absolute atomic E-state index is 0. The Bertz CT molecular complexity index is 2490. The summed E-state index contributed by atoms with van der Waals surface area (Å²) in [5.41, 5.74) is 2.68. The maximum Gasteiger partial charge on any atom is 1.00 e. The third-order valence-electron chi connectivity index (χ3n) is 7.29. The van der Waals surface area contributed by atoms with E-state index in [-0.39, 0.29) is 81.9 Å². The Labute approximate surface area is 326 Å². The van der Waals surface area contributed by atoms with Crippen LogP contribution < -0.4 is 64.4 Å².